The fourth-order valence-electron chi connectivity index (χ4n) is 4.31. The molecule has 2 fully saturated rings. The maximum atomic E-state index is 12.7. The molecule has 4 rings (SSSR count). The molecule has 120 valence electrons. The smallest absolute Gasteiger partial charge is 0.321 e. The molecular weight excluding hydrogens is 284 g/mol. The Morgan fingerprint density at radius 3 is 2.65 bits per heavy atom. The lowest BCUT2D eigenvalue weighted by Crippen LogP contribution is -2.46. The number of carbonyl (C=O) groups is 1. The van der Waals surface area contributed by atoms with Crippen LogP contribution in [0.1, 0.15) is 32.1 Å². The highest BCUT2D eigenvalue weighted by Crippen LogP contribution is 2.36. The molecule has 0 radical (unpaired) electrons. The number of amides is 2. The summed E-state index contributed by atoms with van der Waals surface area (Å²) in [6.07, 6.45) is 6.54. The predicted octanol–water partition coefficient (Wildman–Crippen LogP) is 4.88. The van der Waals surface area contributed by atoms with Crippen LogP contribution in [0.4, 0.5) is 10.5 Å². The third-order valence-corrected chi connectivity index (χ3v) is 5.61. The predicted molar refractivity (Wildman–Crippen MR) is 94.6 cm³/mol. The van der Waals surface area contributed by atoms with E-state index in [2.05, 4.69) is 23.5 Å². The number of nitrogens with zero attached hydrogens (tertiary/aromatic N) is 1. The Bertz CT molecular complexity index is 706. The van der Waals surface area contributed by atoms with Crippen LogP contribution in [-0.4, -0.2) is 24.0 Å². The Morgan fingerprint density at radius 2 is 1.74 bits per heavy atom. The zero-order valence-electron chi connectivity index (χ0n) is 13.5. The number of nitrogens with one attached hydrogen (secondary N) is 1. The first kappa shape index (κ1) is 14.6. The highest BCUT2D eigenvalue weighted by Gasteiger charge is 2.32. The van der Waals surface area contributed by atoms with Crippen molar-refractivity contribution in [2.24, 2.45) is 11.8 Å². The molecule has 1 N–H and O–H groups in total. The van der Waals surface area contributed by atoms with Crippen LogP contribution in [0.25, 0.3) is 10.8 Å². The fraction of sp³-hybridized carbons (Fsp3) is 0.450. The molecule has 23 heavy (non-hydrogen) atoms. The van der Waals surface area contributed by atoms with Crippen molar-refractivity contribution in [3.8, 4) is 0 Å². The largest absolute Gasteiger partial charge is 0.324 e. The number of benzene rings is 2. The molecule has 1 saturated heterocycles. The second-order valence-corrected chi connectivity index (χ2v) is 7.00. The average Bonchev–Trinajstić information content (AvgIpc) is 2.61. The molecule has 2 atom stereocenters. The van der Waals surface area contributed by atoms with Gasteiger partial charge in [-0.3, -0.25) is 0 Å². The van der Waals surface area contributed by atoms with Gasteiger partial charge in [0, 0.05) is 18.5 Å². The van der Waals surface area contributed by atoms with Crippen LogP contribution in [-0.2, 0) is 0 Å². The Labute approximate surface area is 137 Å². The number of piperidine rings is 1. The standard InChI is InChI=1S/C20H24N2O/c23-20(22-13-12-15-6-1-2-8-17(15)14-22)21-19-11-5-9-16-7-3-4-10-18(16)19/h3-5,7,9-11,15,17H,1-2,6,8,12-14H2,(H,21,23)/t15-,17-/m0/s1. The number of hydrogen-bond acceptors (Lipinski definition) is 1. The molecule has 1 saturated carbocycles. The van der Waals surface area contributed by atoms with E-state index in [-0.39, 0.29) is 6.03 Å². The fourth-order valence-corrected chi connectivity index (χ4v) is 4.31. The Balaban J connectivity index is 1.49. The monoisotopic (exact) mass is 308 g/mol. The lowest BCUT2D eigenvalue weighted by molar-refractivity contribution is 0.108. The van der Waals surface area contributed by atoms with E-state index in [9.17, 15) is 4.79 Å². The van der Waals surface area contributed by atoms with E-state index >= 15 is 0 Å². The first-order chi connectivity index (χ1) is 11.3. The van der Waals surface area contributed by atoms with Crippen LogP contribution in [0.3, 0.4) is 0 Å². The number of likely N-dealkylation sites (tertiary alicyclic amines) is 1. The summed E-state index contributed by atoms with van der Waals surface area (Å²) in [6.45, 7) is 1.83. The van der Waals surface area contributed by atoms with E-state index in [1.165, 1.54) is 32.1 Å². The zero-order chi connectivity index (χ0) is 15.6. The van der Waals surface area contributed by atoms with Gasteiger partial charge in [-0.2, -0.15) is 0 Å². The highest BCUT2D eigenvalue weighted by molar-refractivity contribution is 6.01. The van der Waals surface area contributed by atoms with Crippen molar-refractivity contribution in [1.82, 2.24) is 4.90 Å². The first-order valence-corrected chi connectivity index (χ1v) is 8.85. The summed E-state index contributed by atoms with van der Waals surface area (Å²) in [7, 11) is 0. The van der Waals surface area contributed by atoms with Crippen LogP contribution in [0.2, 0.25) is 0 Å². The minimum atomic E-state index is 0.0605. The molecule has 2 aliphatic rings. The SMILES string of the molecule is O=C(Nc1cccc2ccccc12)N1CC[C@@H]2CCCC[C@H]2C1. The van der Waals surface area contributed by atoms with Crippen molar-refractivity contribution in [3.05, 3.63) is 42.5 Å². The maximum Gasteiger partial charge on any atom is 0.321 e. The van der Waals surface area contributed by atoms with Crippen molar-refractivity contribution in [2.75, 3.05) is 18.4 Å². The first-order valence-electron chi connectivity index (χ1n) is 8.85. The van der Waals surface area contributed by atoms with Gasteiger partial charge in [-0.25, -0.2) is 4.79 Å². The van der Waals surface area contributed by atoms with Gasteiger partial charge in [0.25, 0.3) is 0 Å². The van der Waals surface area contributed by atoms with E-state index < -0.39 is 0 Å². The van der Waals surface area contributed by atoms with Gasteiger partial charge in [-0.1, -0.05) is 55.7 Å². The third-order valence-electron chi connectivity index (χ3n) is 5.61. The molecule has 0 spiro atoms. The molecular formula is C20H24N2O. The van der Waals surface area contributed by atoms with Crippen LogP contribution in [0.5, 0.6) is 0 Å². The Hall–Kier alpha value is -2.03. The Morgan fingerprint density at radius 1 is 0.957 bits per heavy atom. The summed E-state index contributed by atoms with van der Waals surface area (Å²) in [5, 5.41) is 5.41. The van der Waals surface area contributed by atoms with Gasteiger partial charge < -0.3 is 10.2 Å². The topological polar surface area (TPSA) is 32.3 Å². The number of carbonyl (C=O) groups excluding carboxylic acids is 1. The summed E-state index contributed by atoms with van der Waals surface area (Å²) in [6, 6.07) is 14.3. The summed E-state index contributed by atoms with van der Waals surface area (Å²) < 4.78 is 0. The molecule has 2 amide bonds. The molecule has 0 aromatic heterocycles. The van der Waals surface area contributed by atoms with E-state index in [0.717, 1.165) is 41.4 Å². The summed E-state index contributed by atoms with van der Waals surface area (Å²) in [5.74, 6) is 1.57. The molecule has 1 aliphatic carbocycles. The molecule has 3 nitrogen and oxygen atoms in total. The van der Waals surface area contributed by atoms with Crippen molar-refractivity contribution < 1.29 is 4.79 Å². The second kappa shape index (κ2) is 6.23. The molecule has 1 aliphatic heterocycles. The lowest BCUT2D eigenvalue weighted by Gasteiger charge is -2.41. The Kier molecular flexibility index (Phi) is 3.94. The molecule has 3 heteroatoms. The maximum absolute atomic E-state index is 12.7. The van der Waals surface area contributed by atoms with E-state index in [1.54, 1.807) is 0 Å². The summed E-state index contributed by atoms with van der Waals surface area (Å²) in [4.78, 5) is 14.7. The van der Waals surface area contributed by atoms with Gasteiger partial charge in [0.1, 0.15) is 0 Å². The minimum absolute atomic E-state index is 0.0605. The molecule has 0 bridgehead atoms. The summed E-state index contributed by atoms with van der Waals surface area (Å²) >= 11 is 0. The van der Waals surface area contributed by atoms with Gasteiger partial charge in [0.15, 0.2) is 0 Å². The third kappa shape index (κ3) is 2.92. The average molecular weight is 308 g/mol. The van der Waals surface area contributed by atoms with Gasteiger partial charge in [-0.15, -0.1) is 0 Å². The number of hydrogen-bond donors (Lipinski definition) is 1. The minimum Gasteiger partial charge on any atom is -0.324 e. The quantitative estimate of drug-likeness (QED) is 0.799. The number of urea groups is 1. The summed E-state index contributed by atoms with van der Waals surface area (Å²) in [5.41, 5.74) is 0.916. The van der Waals surface area contributed by atoms with E-state index in [1.807, 2.05) is 29.2 Å². The van der Waals surface area contributed by atoms with Gasteiger partial charge in [0.2, 0.25) is 0 Å². The van der Waals surface area contributed by atoms with Crippen molar-refractivity contribution >= 4 is 22.5 Å². The van der Waals surface area contributed by atoms with Gasteiger partial charge >= 0.3 is 6.03 Å². The van der Waals surface area contributed by atoms with Crippen molar-refractivity contribution in [1.29, 1.82) is 0 Å². The van der Waals surface area contributed by atoms with Crippen LogP contribution >= 0.6 is 0 Å². The molecule has 0 unspecified atom stereocenters. The number of fused-ring (bicyclic) bond motifs is 2. The normalized spacial score (nSPS) is 24.3. The van der Waals surface area contributed by atoms with Gasteiger partial charge in [0.05, 0.1) is 5.69 Å². The molecule has 2 aromatic carbocycles. The lowest BCUT2D eigenvalue weighted by atomic mass is 9.75. The van der Waals surface area contributed by atoms with E-state index in [0.29, 0.717) is 0 Å². The van der Waals surface area contributed by atoms with Crippen LogP contribution in [0, 0.1) is 11.8 Å². The van der Waals surface area contributed by atoms with E-state index in [4.69, 9.17) is 0 Å². The number of anilines is 1. The number of rotatable bonds is 1. The second-order valence-electron chi connectivity index (χ2n) is 7.00. The van der Waals surface area contributed by atoms with Gasteiger partial charge in [-0.05, 0) is 36.1 Å². The van der Waals surface area contributed by atoms with Crippen LogP contribution in [0.15, 0.2) is 42.5 Å². The molecule has 2 aromatic rings. The van der Waals surface area contributed by atoms with Crippen LogP contribution < -0.4 is 5.32 Å². The molecule has 1 heterocycles. The van der Waals surface area contributed by atoms with Crippen molar-refractivity contribution in [3.63, 3.8) is 0 Å². The zero-order valence-corrected chi connectivity index (χ0v) is 13.5. The highest BCUT2D eigenvalue weighted by atomic mass is 16.2. The van der Waals surface area contributed by atoms with Crippen molar-refractivity contribution in [2.45, 2.75) is 32.1 Å².